The molecule has 0 N–H and O–H groups in total. The van der Waals surface area contributed by atoms with Gasteiger partial charge in [-0.3, -0.25) is 0 Å². The van der Waals surface area contributed by atoms with E-state index in [1.807, 2.05) is 0 Å². The molecule has 0 unspecified atom stereocenters. The standard InChI is InChI=1S/C20H4F8N2O2/c21-11-9(5-29)12(22)16(26)19(15(11)25)31-7-1-2-8(4-3-7)32-20-17(27)13(23)10(6-30)14(24)18(20)28/h1-4H. The van der Waals surface area contributed by atoms with E-state index in [-0.39, 0.29) is 0 Å². The smallest absolute Gasteiger partial charge is 0.205 e. The Morgan fingerprint density at radius 1 is 0.469 bits per heavy atom. The van der Waals surface area contributed by atoms with Gasteiger partial charge in [-0.15, -0.1) is 0 Å². The molecule has 3 rings (SSSR count). The van der Waals surface area contributed by atoms with Gasteiger partial charge in [0.1, 0.15) is 34.8 Å². The Labute approximate surface area is 173 Å². The zero-order chi connectivity index (χ0) is 23.7. The average molecular weight is 456 g/mol. The molecule has 0 atom stereocenters. The third kappa shape index (κ3) is 3.63. The van der Waals surface area contributed by atoms with Crippen molar-refractivity contribution in [3.8, 4) is 35.1 Å². The van der Waals surface area contributed by atoms with Crippen molar-refractivity contribution in [1.29, 1.82) is 10.5 Å². The summed E-state index contributed by atoms with van der Waals surface area (Å²) in [4.78, 5) is 0. The van der Waals surface area contributed by atoms with E-state index in [4.69, 9.17) is 20.0 Å². The van der Waals surface area contributed by atoms with E-state index in [0.717, 1.165) is 36.4 Å². The van der Waals surface area contributed by atoms with E-state index >= 15 is 0 Å². The molecule has 0 amide bonds. The maximum absolute atomic E-state index is 13.9. The van der Waals surface area contributed by atoms with Crippen molar-refractivity contribution in [2.45, 2.75) is 0 Å². The summed E-state index contributed by atoms with van der Waals surface area (Å²) in [5.74, 6) is -19.8. The molecule has 0 bridgehead atoms. The van der Waals surface area contributed by atoms with Crippen LogP contribution in [0.1, 0.15) is 11.1 Å². The van der Waals surface area contributed by atoms with Crippen molar-refractivity contribution in [1.82, 2.24) is 0 Å². The maximum Gasteiger partial charge on any atom is 0.205 e. The number of nitriles is 2. The predicted octanol–water partition coefficient (Wildman–Crippen LogP) is 6.13. The third-order valence-corrected chi connectivity index (χ3v) is 3.93. The number of benzene rings is 3. The molecule has 162 valence electrons. The van der Waals surface area contributed by atoms with Crippen LogP contribution in [-0.4, -0.2) is 0 Å². The van der Waals surface area contributed by atoms with Crippen LogP contribution in [0.4, 0.5) is 35.1 Å². The molecule has 0 spiro atoms. The Hall–Kier alpha value is -4.32. The number of hydrogen-bond donors (Lipinski definition) is 0. The molecule has 4 nitrogen and oxygen atoms in total. The van der Waals surface area contributed by atoms with Crippen molar-refractivity contribution in [3.05, 3.63) is 81.9 Å². The van der Waals surface area contributed by atoms with Gasteiger partial charge in [0.05, 0.1) is 0 Å². The molecule has 0 saturated heterocycles. The zero-order valence-corrected chi connectivity index (χ0v) is 15.0. The molecule has 0 aromatic heterocycles. The monoisotopic (exact) mass is 456 g/mol. The predicted molar refractivity (Wildman–Crippen MR) is 88.6 cm³/mol. The van der Waals surface area contributed by atoms with Crippen LogP contribution in [0.25, 0.3) is 0 Å². The van der Waals surface area contributed by atoms with Crippen molar-refractivity contribution >= 4 is 0 Å². The molecule has 0 saturated carbocycles. The fourth-order valence-electron chi connectivity index (χ4n) is 2.41. The van der Waals surface area contributed by atoms with Crippen LogP contribution >= 0.6 is 0 Å². The van der Waals surface area contributed by atoms with Gasteiger partial charge in [-0.1, -0.05) is 0 Å². The highest BCUT2D eigenvalue weighted by atomic mass is 19.2. The number of ether oxygens (including phenoxy) is 2. The minimum Gasteiger partial charge on any atom is -0.451 e. The highest BCUT2D eigenvalue weighted by molar-refractivity contribution is 5.45. The first-order valence-corrected chi connectivity index (χ1v) is 8.10. The fourth-order valence-corrected chi connectivity index (χ4v) is 2.41. The van der Waals surface area contributed by atoms with Crippen molar-refractivity contribution in [2.24, 2.45) is 0 Å². The SMILES string of the molecule is N#Cc1c(F)c(F)c(Oc2ccc(Oc3c(F)c(F)c(C#N)c(F)c3F)cc2)c(F)c1F. The normalized spacial score (nSPS) is 10.4. The van der Waals surface area contributed by atoms with E-state index in [0.29, 0.717) is 0 Å². The van der Waals surface area contributed by atoms with E-state index < -0.39 is 80.7 Å². The number of halogens is 8. The van der Waals surface area contributed by atoms with Gasteiger partial charge in [-0.25, -0.2) is 17.6 Å². The number of nitrogens with zero attached hydrogens (tertiary/aromatic N) is 2. The summed E-state index contributed by atoms with van der Waals surface area (Å²) < 4.78 is 120. The molecule has 12 heteroatoms. The van der Waals surface area contributed by atoms with E-state index in [1.54, 1.807) is 0 Å². The Morgan fingerprint density at radius 2 is 0.719 bits per heavy atom. The van der Waals surface area contributed by atoms with Gasteiger partial charge < -0.3 is 9.47 Å². The van der Waals surface area contributed by atoms with Gasteiger partial charge >= 0.3 is 0 Å². The Kier molecular flexibility index (Phi) is 5.89. The molecular weight excluding hydrogens is 452 g/mol. The second-order valence-corrected chi connectivity index (χ2v) is 5.82. The molecule has 0 aliphatic heterocycles. The first kappa shape index (κ1) is 22.4. The van der Waals surface area contributed by atoms with Crippen LogP contribution in [0.15, 0.2) is 24.3 Å². The lowest BCUT2D eigenvalue weighted by atomic mass is 10.2. The lowest BCUT2D eigenvalue weighted by Crippen LogP contribution is -2.04. The minimum absolute atomic E-state index is 0.447. The summed E-state index contributed by atoms with van der Waals surface area (Å²) in [6.45, 7) is 0. The molecule has 0 heterocycles. The summed E-state index contributed by atoms with van der Waals surface area (Å²) >= 11 is 0. The van der Waals surface area contributed by atoms with Gasteiger partial charge in [0.2, 0.25) is 34.8 Å². The van der Waals surface area contributed by atoms with Crippen LogP contribution in [0, 0.1) is 69.2 Å². The fraction of sp³-hybridized carbons (Fsp3) is 0. The number of hydrogen-bond acceptors (Lipinski definition) is 4. The van der Waals surface area contributed by atoms with Gasteiger partial charge in [-0.05, 0) is 24.3 Å². The topological polar surface area (TPSA) is 66.0 Å². The summed E-state index contributed by atoms with van der Waals surface area (Å²) in [6.07, 6.45) is 0. The molecule has 0 radical (unpaired) electrons. The van der Waals surface area contributed by atoms with Crippen LogP contribution in [-0.2, 0) is 0 Å². The second kappa shape index (κ2) is 8.43. The molecular formula is C20H4F8N2O2. The van der Waals surface area contributed by atoms with Crippen LogP contribution in [0.5, 0.6) is 23.0 Å². The maximum atomic E-state index is 13.9. The third-order valence-electron chi connectivity index (χ3n) is 3.93. The molecule has 3 aromatic rings. The highest BCUT2D eigenvalue weighted by Crippen LogP contribution is 2.36. The first-order chi connectivity index (χ1) is 15.1. The molecule has 32 heavy (non-hydrogen) atoms. The van der Waals surface area contributed by atoms with E-state index in [9.17, 15) is 35.1 Å². The largest absolute Gasteiger partial charge is 0.451 e. The van der Waals surface area contributed by atoms with Gasteiger partial charge in [0.15, 0.2) is 23.3 Å². The van der Waals surface area contributed by atoms with Crippen molar-refractivity contribution in [2.75, 3.05) is 0 Å². The molecule has 0 aliphatic rings. The van der Waals surface area contributed by atoms with Crippen LogP contribution in [0.3, 0.4) is 0 Å². The average Bonchev–Trinajstić information content (AvgIpc) is 2.79. The van der Waals surface area contributed by atoms with E-state index in [1.165, 1.54) is 0 Å². The molecule has 3 aromatic carbocycles. The minimum atomic E-state index is -1.99. The summed E-state index contributed by atoms with van der Waals surface area (Å²) in [5.41, 5.74) is -3.00. The quantitative estimate of drug-likeness (QED) is 0.350. The number of rotatable bonds is 4. The zero-order valence-electron chi connectivity index (χ0n) is 15.0. The van der Waals surface area contributed by atoms with E-state index in [2.05, 4.69) is 0 Å². The summed E-state index contributed by atoms with van der Waals surface area (Å²) in [5, 5.41) is 17.1. The molecule has 0 fully saturated rings. The van der Waals surface area contributed by atoms with Gasteiger partial charge in [0, 0.05) is 0 Å². The van der Waals surface area contributed by atoms with Crippen molar-refractivity contribution < 1.29 is 44.6 Å². The Balaban J connectivity index is 1.92. The van der Waals surface area contributed by atoms with Gasteiger partial charge in [-0.2, -0.15) is 28.1 Å². The van der Waals surface area contributed by atoms with Crippen LogP contribution in [0.2, 0.25) is 0 Å². The van der Waals surface area contributed by atoms with Crippen molar-refractivity contribution in [3.63, 3.8) is 0 Å². The molecule has 0 aliphatic carbocycles. The van der Waals surface area contributed by atoms with Crippen LogP contribution < -0.4 is 9.47 Å². The first-order valence-electron chi connectivity index (χ1n) is 8.10. The lowest BCUT2D eigenvalue weighted by molar-refractivity contribution is 0.359. The summed E-state index contributed by atoms with van der Waals surface area (Å²) in [7, 11) is 0. The lowest BCUT2D eigenvalue weighted by Gasteiger charge is -2.12. The second-order valence-electron chi connectivity index (χ2n) is 5.82. The Bertz CT molecular complexity index is 1170. The highest BCUT2D eigenvalue weighted by Gasteiger charge is 2.28. The van der Waals surface area contributed by atoms with Gasteiger partial charge in [0.25, 0.3) is 0 Å². The Morgan fingerprint density at radius 3 is 0.938 bits per heavy atom. The summed E-state index contributed by atoms with van der Waals surface area (Å²) in [6, 6.07) is 5.39.